The lowest BCUT2D eigenvalue weighted by molar-refractivity contribution is -0.137. The highest BCUT2D eigenvalue weighted by Crippen LogP contribution is 2.33. The number of carbonyl (C=O) groups excluding carboxylic acids is 2. The summed E-state index contributed by atoms with van der Waals surface area (Å²) in [6.07, 6.45) is -2.04. The van der Waals surface area contributed by atoms with Gasteiger partial charge in [0.2, 0.25) is 5.78 Å². The highest BCUT2D eigenvalue weighted by molar-refractivity contribution is 6.30. The van der Waals surface area contributed by atoms with E-state index in [4.69, 9.17) is 20.8 Å². The predicted molar refractivity (Wildman–Crippen MR) is 156 cm³/mol. The summed E-state index contributed by atoms with van der Waals surface area (Å²) >= 11 is 5.92. The fourth-order valence-electron chi connectivity index (χ4n) is 4.77. The molecule has 220 valence electrons. The topological polar surface area (TPSA) is 87.2 Å². The maximum Gasteiger partial charge on any atom is 0.418 e. The van der Waals surface area contributed by atoms with Crippen LogP contribution in [-0.2, 0) is 19.2 Å². The Balaban J connectivity index is 1.14. The van der Waals surface area contributed by atoms with Gasteiger partial charge in [0.05, 0.1) is 23.0 Å². The lowest BCUT2D eigenvalue weighted by atomic mass is 10.0. The number of rotatable bonds is 9. The summed E-state index contributed by atoms with van der Waals surface area (Å²) in [5, 5.41) is 9.03. The van der Waals surface area contributed by atoms with Gasteiger partial charge in [-0.15, -0.1) is 5.10 Å². The zero-order valence-corrected chi connectivity index (χ0v) is 23.5. The number of benzene rings is 4. The first-order valence-corrected chi connectivity index (χ1v) is 13.7. The summed E-state index contributed by atoms with van der Waals surface area (Å²) in [7, 11) is 0. The van der Waals surface area contributed by atoms with Crippen molar-refractivity contribution < 1.29 is 31.9 Å². The molecule has 0 bridgehead atoms. The van der Waals surface area contributed by atoms with Crippen LogP contribution in [0.2, 0.25) is 5.02 Å². The Morgan fingerprint density at radius 1 is 0.955 bits per heavy atom. The number of alkyl halides is 3. The molecule has 2 heterocycles. The third-order valence-electron chi connectivity index (χ3n) is 6.89. The minimum atomic E-state index is -4.55. The summed E-state index contributed by atoms with van der Waals surface area (Å²) in [6, 6.07) is 24.1. The predicted octanol–water partition coefficient (Wildman–Crippen LogP) is 7.90. The van der Waals surface area contributed by atoms with Gasteiger partial charge in [0.1, 0.15) is 23.6 Å². The Morgan fingerprint density at radius 2 is 1.70 bits per heavy atom. The molecule has 11 heteroatoms. The molecule has 2 aromatic heterocycles. The van der Waals surface area contributed by atoms with E-state index in [-0.39, 0.29) is 29.5 Å². The average Bonchev–Trinajstić information content (AvgIpc) is 3.67. The molecule has 0 aliphatic rings. The van der Waals surface area contributed by atoms with Gasteiger partial charge in [0.15, 0.2) is 12.0 Å². The van der Waals surface area contributed by atoms with Crippen molar-refractivity contribution in [3.05, 3.63) is 141 Å². The molecule has 0 aliphatic carbocycles. The number of aromatic nitrogens is 3. The second kappa shape index (κ2) is 11.8. The number of carbonyl (C=O) groups is 2. The molecule has 0 amide bonds. The van der Waals surface area contributed by atoms with Crippen molar-refractivity contribution >= 4 is 34.6 Å². The molecule has 0 spiro atoms. The molecule has 0 saturated heterocycles. The summed E-state index contributed by atoms with van der Waals surface area (Å²) < 4.78 is 52.8. The number of hydrogen-bond acceptors (Lipinski definition) is 6. The van der Waals surface area contributed by atoms with Crippen molar-refractivity contribution in [2.45, 2.75) is 19.2 Å². The largest absolute Gasteiger partial charge is 0.486 e. The molecule has 6 rings (SSSR count). The van der Waals surface area contributed by atoms with E-state index in [1.165, 1.54) is 24.4 Å². The van der Waals surface area contributed by atoms with E-state index in [1.807, 2.05) is 18.2 Å². The number of ether oxygens (including phenoxy) is 1. The van der Waals surface area contributed by atoms with Crippen molar-refractivity contribution in [3.63, 3.8) is 0 Å². The first-order chi connectivity index (χ1) is 21.2. The van der Waals surface area contributed by atoms with Gasteiger partial charge in [0, 0.05) is 16.0 Å². The summed E-state index contributed by atoms with van der Waals surface area (Å²) in [4.78, 5) is 24.7. The zero-order chi connectivity index (χ0) is 30.8. The molecule has 0 aliphatic heterocycles. The Hall–Kier alpha value is -5.22. The number of hydrogen-bond donors (Lipinski definition) is 0. The molecule has 0 fully saturated rings. The second-order valence-corrected chi connectivity index (χ2v) is 10.4. The zero-order valence-electron chi connectivity index (χ0n) is 22.7. The highest BCUT2D eigenvalue weighted by Gasteiger charge is 2.34. The first kappa shape index (κ1) is 28.9. The van der Waals surface area contributed by atoms with Crippen molar-refractivity contribution in [1.29, 1.82) is 0 Å². The number of para-hydroxylation sites is 1. The fourth-order valence-corrected chi connectivity index (χ4v) is 4.90. The second-order valence-electron chi connectivity index (χ2n) is 9.94. The van der Waals surface area contributed by atoms with Gasteiger partial charge in [-0.3, -0.25) is 9.59 Å². The van der Waals surface area contributed by atoms with Crippen molar-refractivity contribution in [2.75, 3.05) is 0 Å². The van der Waals surface area contributed by atoms with Crippen molar-refractivity contribution in [3.8, 4) is 11.4 Å². The molecular weight excluding hydrogens is 595 g/mol. The van der Waals surface area contributed by atoms with Crippen LogP contribution in [0.1, 0.15) is 48.9 Å². The molecule has 7 nitrogen and oxygen atoms in total. The number of aldehydes is 1. The van der Waals surface area contributed by atoms with Gasteiger partial charge < -0.3 is 9.15 Å². The van der Waals surface area contributed by atoms with E-state index in [1.54, 1.807) is 48.5 Å². The van der Waals surface area contributed by atoms with Gasteiger partial charge in [-0.2, -0.15) is 13.2 Å². The quantitative estimate of drug-likeness (QED) is 0.121. The summed E-state index contributed by atoms with van der Waals surface area (Å²) in [5.74, 6) is 0.262. The van der Waals surface area contributed by atoms with Crippen LogP contribution in [0.15, 0.2) is 102 Å². The normalized spacial score (nSPS) is 11.5. The van der Waals surface area contributed by atoms with Crippen LogP contribution in [0.25, 0.3) is 16.7 Å². The minimum Gasteiger partial charge on any atom is -0.486 e. The third-order valence-corrected chi connectivity index (χ3v) is 7.14. The van der Waals surface area contributed by atoms with Gasteiger partial charge in [-0.1, -0.05) is 41.1 Å². The number of furan rings is 1. The highest BCUT2D eigenvalue weighted by atomic mass is 35.5. The van der Waals surface area contributed by atoms with Gasteiger partial charge in [0.25, 0.3) is 0 Å². The summed E-state index contributed by atoms with van der Waals surface area (Å²) in [6.45, 7) is -0.109. The molecule has 4 aromatic carbocycles. The van der Waals surface area contributed by atoms with Gasteiger partial charge in [-0.25, -0.2) is 4.68 Å². The molecule has 6 aromatic rings. The first-order valence-electron chi connectivity index (χ1n) is 13.3. The van der Waals surface area contributed by atoms with Crippen LogP contribution in [0.3, 0.4) is 0 Å². The molecule has 0 N–H and O–H groups in total. The molecule has 0 atom stereocenters. The van der Waals surface area contributed by atoms with E-state index in [2.05, 4.69) is 10.3 Å². The number of fused-ring (bicyclic) bond motifs is 1. The van der Waals surface area contributed by atoms with Crippen molar-refractivity contribution in [2.24, 2.45) is 0 Å². The summed E-state index contributed by atoms with van der Waals surface area (Å²) in [5.41, 5.74) is 2.41. The van der Waals surface area contributed by atoms with Crippen LogP contribution in [0.4, 0.5) is 13.2 Å². The Labute approximate surface area is 253 Å². The van der Waals surface area contributed by atoms with E-state index >= 15 is 0 Å². The van der Waals surface area contributed by atoms with Crippen LogP contribution in [-0.4, -0.2) is 27.1 Å². The SMILES string of the molecule is O=Cc1cc(Cc2ccc3oc(C(=O)c4ccc(Cl)cc4)cc3c2)ccc1OCc1cn(-c2ccccc2C(F)(F)F)nn1. The Kier molecular flexibility index (Phi) is 7.75. The monoisotopic (exact) mass is 615 g/mol. The van der Waals surface area contributed by atoms with E-state index < -0.39 is 11.7 Å². The van der Waals surface area contributed by atoms with Crippen LogP contribution in [0, 0.1) is 0 Å². The Bertz CT molecular complexity index is 2000. The molecular formula is C33H21ClF3N3O4. The van der Waals surface area contributed by atoms with Gasteiger partial charge in [-0.05, 0) is 84.3 Å². The third kappa shape index (κ3) is 6.11. The lowest BCUT2D eigenvalue weighted by Crippen LogP contribution is -2.11. The standard InChI is InChI=1S/C33H21ClF3N3O4/c34-25-9-7-22(8-10-25)32(42)31-16-23-14-20(6-12-30(23)44-31)13-21-5-11-29(24(15-21)18-41)43-19-26-17-40(39-38-26)28-4-2-1-3-27(28)33(35,36)37/h1-12,14-18H,13,19H2. The van der Waals surface area contributed by atoms with E-state index in [0.29, 0.717) is 40.2 Å². The molecule has 0 saturated carbocycles. The molecule has 0 unspecified atom stereocenters. The van der Waals surface area contributed by atoms with Crippen LogP contribution in [0.5, 0.6) is 5.75 Å². The van der Waals surface area contributed by atoms with Crippen molar-refractivity contribution in [1.82, 2.24) is 15.0 Å². The molecule has 0 radical (unpaired) electrons. The Morgan fingerprint density at radius 3 is 2.48 bits per heavy atom. The van der Waals surface area contributed by atoms with E-state index in [0.717, 1.165) is 27.3 Å². The number of halogens is 4. The maximum atomic E-state index is 13.4. The fraction of sp³-hybridized carbons (Fsp3) is 0.0909. The van der Waals surface area contributed by atoms with Crippen LogP contribution >= 0.6 is 11.6 Å². The maximum absolute atomic E-state index is 13.4. The van der Waals surface area contributed by atoms with E-state index in [9.17, 15) is 22.8 Å². The number of ketones is 1. The average molecular weight is 616 g/mol. The van der Waals surface area contributed by atoms with Crippen LogP contribution < -0.4 is 4.74 Å². The lowest BCUT2D eigenvalue weighted by Gasteiger charge is -2.11. The van der Waals surface area contributed by atoms with Gasteiger partial charge >= 0.3 is 6.18 Å². The molecule has 44 heavy (non-hydrogen) atoms. The minimum absolute atomic E-state index is 0.109. The smallest absolute Gasteiger partial charge is 0.418 e. The number of nitrogens with zero attached hydrogens (tertiary/aromatic N) is 3.